The van der Waals surface area contributed by atoms with Gasteiger partial charge in [0.15, 0.2) is 0 Å². The van der Waals surface area contributed by atoms with E-state index in [4.69, 9.17) is 4.74 Å². The fourth-order valence-electron chi connectivity index (χ4n) is 2.42. The Morgan fingerprint density at radius 2 is 2.12 bits per heavy atom. The molecular formula is C15H19N3O6S. The van der Waals surface area contributed by atoms with Gasteiger partial charge in [-0.3, -0.25) is 9.69 Å². The summed E-state index contributed by atoms with van der Waals surface area (Å²) in [5.74, 6) is 0.00579. The zero-order chi connectivity index (χ0) is 18.2. The summed E-state index contributed by atoms with van der Waals surface area (Å²) in [5.41, 5.74) is 0.896. The maximum Gasteiger partial charge on any atom is 0.411 e. The number of thioether (sulfide) groups is 1. The summed E-state index contributed by atoms with van der Waals surface area (Å²) in [5, 5.41) is 11.4. The van der Waals surface area contributed by atoms with Crippen molar-refractivity contribution in [3.8, 4) is 0 Å². The van der Waals surface area contributed by atoms with Crippen LogP contribution in [0.1, 0.15) is 17.9 Å². The first-order chi connectivity index (χ1) is 12.0. The molecule has 1 fully saturated rings. The van der Waals surface area contributed by atoms with Crippen LogP contribution in [0.3, 0.4) is 0 Å². The van der Waals surface area contributed by atoms with Gasteiger partial charge in [0.1, 0.15) is 18.0 Å². The lowest BCUT2D eigenvalue weighted by Gasteiger charge is -2.28. The average Bonchev–Trinajstić information content (AvgIpc) is 3.04. The van der Waals surface area contributed by atoms with Crippen molar-refractivity contribution in [3.63, 3.8) is 0 Å². The molecule has 2 rings (SSSR count). The highest BCUT2D eigenvalue weighted by Crippen LogP contribution is 2.41. The third-order valence-electron chi connectivity index (χ3n) is 3.46. The maximum absolute atomic E-state index is 12.4. The van der Waals surface area contributed by atoms with Gasteiger partial charge in [0.05, 0.1) is 6.61 Å². The van der Waals surface area contributed by atoms with E-state index in [9.17, 15) is 19.7 Å². The molecular weight excluding hydrogens is 350 g/mol. The molecule has 1 aliphatic rings. The zero-order valence-corrected chi connectivity index (χ0v) is 14.4. The van der Waals surface area contributed by atoms with Crippen LogP contribution in [-0.4, -0.2) is 53.5 Å². The fourth-order valence-corrected chi connectivity index (χ4v) is 3.84. The Morgan fingerprint density at radius 3 is 2.76 bits per heavy atom. The first-order valence-electron chi connectivity index (χ1n) is 7.71. The predicted molar refractivity (Wildman–Crippen MR) is 90.2 cm³/mol. The Labute approximate surface area is 148 Å². The number of nitrogens with zero attached hydrogens (tertiary/aromatic N) is 2. The first-order valence-corrected chi connectivity index (χ1v) is 8.76. The summed E-state index contributed by atoms with van der Waals surface area (Å²) in [6.07, 6.45) is -0.567. The minimum absolute atomic E-state index is 0.0202. The van der Waals surface area contributed by atoms with Crippen LogP contribution in [0, 0.1) is 10.1 Å². The van der Waals surface area contributed by atoms with Crippen LogP contribution in [0.5, 0.6) is 0 Å². The summed E-state index contributed by atoms with van der Waals surface area (Å²) in [6.45, 7) is 1.63. The van der Waals surface area contributed by atoms with Gasteiger partial charge in [0.2, 0.25) is 5.91 Å². The molecule has 1 aromatic carbocycles. The number of benzene rings is 1. The Balaban J connectivity index is 2.07. The predicted octanol–water partition coefficient (Wildman–Crippen LogP) is 1.58. The molecule has 0 spiro atoms. The van der Waals surface area contributed by atoms with Gasteiger partial charge in [-0.25, -0.2) is 4.79 Å². The minimum Gasteiger partial charge on any atom is -0.450 e. The number of hydrogen-bond donors (Lipinski definition) is 1. The number of nitrogens with one attached hydrogen (secondary N) is 1. The highest BCUT2D eigenvalue weighted by Gasteiger charge is 2.43. The van der Waals surface area contributed by atoms with Gasteiger partial charge in [-0.05, 0) is 12.5 Å². The average molecular weight is 369 g/mol. The van der Waals surface area contributed by atoms with Gasteiger partial charge in [-0.15, -0.1) is 21.9 Å². The molecule has 136 valence electrons. The van der Waals surface area contributed by atoms with E-state index in [1.165, 1.54) is 16.7 Å². The van der Waals surface area contributed by atoms with Crippen molar-refractivity contribution >= 4 is 23.8 Å². The number of ether oxygens (including phenoxy) is 1. The highest BCUT2D eigenvalue weighted by atomic mass is 32.2. The Bertz CT molecular complexity index is 615. The second-order valence-electron chi connectivity index (χ2n) is 5.07. The SMILES string of the molecule is CCOC(=O)N1[C@@H](c2ccccc2)SC[C@H]1C(=O)NCCO[N+](=O)[O-]. The van der Waals surface area contributed by atoms with Crippen LogP contribution < -0.4 is 5.32 Å². The lowest BCUT2D eigenvalue weighted by Crippen LogP contribution is -2.48. The number of amides is 2. The Kier molecular flexibility index (Phi) is 6.87. The van der Waals surface area contributed by atoms with Crippen molar-refractivity contribution in [2.24, 2.45) is 0 Å². The number of rotatable bonds is 7. The summed E-state index contributed by atoms with van der Waals surface area (Å²) in [6, 6.07) is 8.65. The molecule has 0 aliphatic carbocycles. The standard InChI is InChI=1S/C15H19N3O6S/c1-2-23-15(20)17-12(13(19)16-8-9-24-18(21)22)10-25-14(17)11-6-4-3-5-7-11/h3-7,12,14H,2,8-10H2,1H3,(H,16,19)/t12-,14+/m0/s1. The molecule has 9 nitrogen and oxygen atoms in total. The molecule has 1 aromatic rings. The molecule has 1 heterocycles. The number of carbonyl (C=O) groups excluding carboxylic acids is 2. The minimum atomic E-state index is -0.923. The van der Waals surface area contributed by atoms with Crippen molar-refractivity contribution in [2.45, 2.75) is 18.3 Å². The highest BCUT2D eigenvalue weighted by molar-refractivity contribution is 7.99. The van der Waals surface area contributed by atoms with Gasteiger partial charge in [0, 0.05) is 12.3 Å². The van der Waals surface area contributed by atoms with Crippen molar-refractivity contribution in [3.05, 3.63) is 46.0 Å². The largest absolute Gasteiger partial charge is 0.450 e. The quantitative estimate of drug-likeness (QED) is 0.441. The van der Waals surface area contributed by atoms with E-state index in [1.54, 1.807) is 6.92 Å². The van der Waals surface area contributed by atoms with Crippen molar-refractivity contribution in [1.29, 1.82) is 0 Å². The van der Waals surface area contributed by atoms with E-state index in [1.807, 2.05) is 30.3 Å². The Morgan fingerprint density at radius 1 is 1.40 bits per heavy atom. The van der Waals surface area contributed by atoms with E-state index in [0.717, 1.165) is 5.56 Å². The molecule has 25 heavy (non-hydrogen) atoms. The molecule has 2 atom stereocenters. The van der Waals surface area contributed by atoms with Gasteiger partial charge < -0.3 is 14.9 Å². The van der Waals surface area contributed by atoms with Crippen LogP contribution in [-0.2, 0) is 14.4 Å². The maximum atomic E-state index is 12.4. The number of hydrogen-bond acceptors (Lipinski definition) is 7. The van der Waals surface area contributed by atoms with Gasteiger partial charge in [-0.2, -0.15) is 0 Å². The van der Waals surface area contributed by atoms with E-state index in [0.29, 0.717) is 5.75 Å². The van der Waals surface area contributed by atoms with E-state index >= 15 is 0 Å². The summed E-state index contributed by atoms with van der Waals surface area (Å²) in [4.78, 5) is 40.4. The summed E-state index contributed by atoms with van der Waals surface area (Å²) < 4.78 is 5.09. The molecule has 0 unspecified atom stereocenters. The van der Waals surface area contributed by atoms with Gasteiger partial charge in [-0.1, -0.05) is 30.3 Å². The van der Waals surface area contributed by atoms with Crippen molar-refractivity contribution in [1.82, 2.24) is 10.2 Å². The summed E-state index contributed by atoms with van der Waals surface area (Å²) in [7, 11) is 0. The molecule has 0 saturated carbocycles. The van der Waals surface area contributed by atoms with Crippen LogP contribution in [0.15, 0.2) is 30.3 Å². The normalized spacial score (nSPS) is 19.3. The second kappa shape index (κ2) is 9.11. The van der Waals surface area contributed by atoms with Crippen LogP contribution in [0.4, 0.5) is 4.79 Å². The van der Waals surface area contributed by atoms with Crippen LogP contribution in [0.2, 0.25) is 0 Å². The number of carbonyl (C=O) groups is 2. The van der Waals surface area contributed by atoms with E-state index in [2.05, 4.69) is 10.2 Å². The zero-order valence-electron chi connectivity index (χ0n) is 13.6. The van der Waals surface area contributed by atoms with Gasteiger partial charge >= 0.3 is 6.09 Å². The lowest BCUT2D eigenvalue weighted by molar-refractivity contribution is -0.757. The molecule has 2 amide bonds. The van der Waals surface area contributed by atoms with Crippen molar-refractivity contribution in [2.75, 3.05) is 25.5 Å². The molecule has 0 bridgehead atoms. The van der Waals surface area contributed by atoms with Crippen molar-refractivity contribution < 1.29 is 24.3 Å². The lowest BCUT2D eigenvalue weighted by atomic mass is 10.2. The van der Waals surface area contributed by atoms with Crippen LogP contribution >= 0.6 is 11.8 Å². The molecule has 1 aliphatic heterocycles. The fraction of sp³-hybridized carbons (Fsp3) is 0.467. The van der Waals surface area contributed by atoms with E-state index in [-0.39, 0.29) is 25.1 Å². The second-order valence-corrected chi connectivity index (χ2v) is 6.18. The molecule has 10 heteroatoms. The Hall–Kier alpha value is -2.49. The topological polar surface area (TPSA) is 111 Å². The molecule has 0 aromatic heterocycles. The first kappa shape index (κ1) is 18.8. The third kappa shape index (κ3) is 4.99. The van der Waals surface area contributed by atoms with Crippen LogP contribution in [0.25, 0.3) is 0 Å². The monoisotopic (exact) mass is 369 g/mol. The van der Waals surface area contributed by atoms with Gasteiger partial charge in [0.25, 0.3) is 5.09 Å². The molecule has 0 radical (unpaired) electrons. The third-order valence-corrected chi connectivity index (χ3v) is 4.79. The molecule has 1 N–H and O–H groups in total. The van der Waals surface area contributed by atoms with E-state index < -0.39 is 23.1 Å². The molecule has 1 saturated heterocycles. The summed E-state index contributed by atoms with van der Waals surface area (Å²) >= 11 is 1.46. The smallest absolute Gasteiger partial charge is 0.411 e.